The van der Waals surface area contributed by atoms with Crippen molar-refractivity contribution in [3.8, 4) is 5.75 Å². The van der Waals surface area contributed by atoms with Crippen molar-refractivity contribution < 1.29 is 43.3 Å². The summed E-state index contributed by atoms with van der Waals surface area (Å²) in [6.07, 6.45) is 2.34. The van der Waals surface area contributed by atoms with E-state index < -0.39 is 35.2 Å². The largest absolute Gasteiger partial charge is 0.496 e. The lowest BCUT2D eigenvalue weighted by atomic mass is 9.92. The second-order valence-corrected chi connectivity index (χ2v) is 12.5. The van der Waals surface area contributed by atoms with Crippen molar-refractivity contribution >= 4 is 29.6 Å². The monoisotopic (exact) mass is 689 g/mol. The van der Waals surface area contributed by atoms with Gasteiger partial charge in [0.2, 0.25) is 5.91 Å². The summed E-state index contributed by atoms with van der Waals surface area (Å²) in [5, 5.41) is 12.7. The molecule has 1 aliphatic rings. The minimum Gasteiger partial charge on any atom is -0.496 e. The summed E-state index contributed by atoms with van der Waals surface area (Å²) >= 11 is 1.36. The van der Waals surface area contributed by atoms with Crippen LogP contribution >= 0.6 is 11.8 Å². The maximum absolute atomic E-state index is 14.1. The molecule has 1 aliphatic heterocycles. The van der Waals surface area contributed by atoms with Gasteiger partial charge < -0.3 is 28.7 Å². The fourth-order valence-corrected chi connectivity index (χ4v) is 6.25. The molecule has 1 N–H and O–H groups in total. The molecule has 0 aliphatic carbocycles. The van der Waals surface area contributed by atoms with Gasteiger partial charge in [0.25, 0.3) is 5.09 Å². The van der Waals surface area contributed by atoms with Gasteiger partial charge in [-0.2, -0.15) is 11.8 Å². The molecule has 13 nitrogen and oxygen atoms in total. The maximum atomic E-state index is 14.1. The van der Waals surface area contributed by atoms with Crippen LogP contribution in [0.1, 0.15) is 48.9 Å². The Labute approximate surface area is 286 Å². The van der Waals surface area contributed by atoms with E-state index in [9.17, 15) is 24.5 Å². The first-order valence-electron chi connectivity index (χ1n) is 16.1. The van der Waals surface area contributed by atoms with E-state index in [-0.39, 0.29) is 32.3 Å². The summed E-state index contributed by atoms with van der Waals surface area (Å²) in [7, 11) is 3.22. The minimum atomic E-state index is -0.865. The van der Waals surface area contributed by atoms with Gasteiger partial charge in [0.05, 0.1) is 26.4 Å². The lowest BCUT2D eigenvalue weighted by Gasteiger charge is -2.35. The molecule has 3 atom stereocenters. The van der Waals surface area contributed by atoms with Crippen LogP contribution in [0.25, 0.3) is 0 Å². The number of fused-ring (bicyclic) bond motifs is 1. The minimum absolute atomic E-state index is 0.0607. The zero-order chi connectivity index (χ0) is 34.9. The number of amides is 1. The van der Waals surface area contributed by atoms with Gasteiger partial charge in [-0.05, 0) is 74.8 Å². The van der Waals surface area contributed by atoms with Gasteiger partial charge in [0, 0.05) is 30.7 Å². The number of ether oxygens (including phenoxy) is 4. The van der Waals surface area contributed by atoms with Gasteiger partial charge >= 0.3 is 11.9 Å². The number of thioether (sulfide) groups is 1. The number of esters is 2. The third-order valence-electron chi connectivity index (χ3n) is 8.00. The Morgan fingerprint density at radius 2 is 1.79 bits per heavy atom. The molecular formula is C34H47N3O10S. The fraction of sp³-hybridized carbons (Fsp3) is 0.559. The number of aryl methyl sites for hydroxylation is 2. The Kier molecular flexibility index (Phi) is 16.5. The number of methoxy groups -OCH3 is 2. The van der Waals surface area contributed by atoms with E-state index >= 15 is 0 Å². The quantitative estimate of drug-likeness (QED) is 0.0993. The van der Waals surface area contributed by atoms with E-state index in [1.54, 1.807) is 33.0 Å². The van der Waals surface area contributed by atoms with Gasteiger partial charge in [0.1, 0.15) is 31.0 Å². The highest BCUT2D eigenvalue weighted by atomic mass is 32.2. The lowest BCUT2D eigenvalue weighted by Crippen LogP contribution is -2.56. The van der Waals surface area contributed by atoms with Crippen LogP contribution in [0.4, 0.5) is 0 Å². The zero-order valence-corrected chi connectivity index (χ0v) is 29.0. The number of carbonyl (C=O) groups excluding carboxylic acids is 3. The van der Waals surface area contributed by atoms with E-state index in [4.69, 9.17) is 18.9 Å². The summed E-state index contributed by atoms with van der Waals surface area (Å²) in [5.41, 5.74) is 4.01. The molecule has 0 saturated heterocycles. The molecule has 0 aromatic heterocycles. The SMILES string of the molecule is CCOC(=O)C(CCc1ccccc1)NC(C)C(=O)N1CCc2cc(OC)c(COC)cc2CCC1C(=O)OCCSCCO[N+](=O)[O-]. The van der Waals surface area contributed by atoms with Crippen LogP contribution in [-0.2, 0) is 59.3 Å². The summed E-state index contributed by atoms with van der Waals surface area (Å²) in [6, 6.07) is 11.4. The second kappa shape index (κ2) is 20.5. The maximum Gasteiger partial charge on any atom is 0.328 e. The fourth-order valence-electron chi connectivity index (χ4n) is 5.65. The smallest absolute Gasteiger partial charge is 0.328 e. The summed E-state index contributed by atoms with van der Waals surface area (Å²) in [6.45, 7) is 4.26. The molecule has 1 amide bonds. The van der Waals surface area contributed by atoms with E-state index in [1.807, 2.05) is 42.5 Å². The highest BCUT2D eigenvalue weighted by molar-refractivity contribution is 7.99. The highest BCUT2D eigenvalue weighted by Gasteiger charge is 2.36. The van der Waals surface area contributed by atoms with Crippen LogP contribution < -0.4 is 10.1 Å². The van der Waals surface area contributed by atoms with Crippen molar-refractivity contribution in [3.05, 3.63) is 74.8 Å². The van der Waals surface area contributed by atoms with E-state index in [1.165, 1.54) is 11.8 Å². The molecule has 0 radical (unpaired) electrons. The molecule has 3 rings (SSSR count). The number of carbonyl (C=O) groups is 3. The van der Waals surface area contributed by atoms with E-state index in [2.05, 4.69) is 10.2 Å². The average Bonchev–Trinajstić information content (AvgIpc) is 3.07. The van der Waals surface area contributed by atoms with E-state index in [0.717, 1.165) is 22.3 Å². The van der Waals surface area contributed by atoms with Gasteiger partial charge in [-0.1, -0.05) is 30.3 Å². The number of hydrogen-bond acceptors (Lipinski definition) is 12. The molecule has 0 saturated carbocycles. The predicted octanol–water partition coefficient (Wildman–Crippen LogP) is 3.55. The highest BCUT2D eigenvalue weighted by Crippen LogP contribution is 2.29. The number of benzene rings is 2. The van der Waals surface area contributed by atoms with Gasteiger partial charge in [0.15, 0.2) is 0 Å². The molecule has 14 heteroatoms. The Morgan fingerprint density at radius 1 is 1.06 bits per heavy atom. The first-order chi connectivity index (χ1) is 23.2. The van der Waals surface area contributed by atoms with Crippen LogP contribution in [0.2, 0.25) is 0 Å². The Bertz CT molecular complexity index is 1350. The number of hydrogen-bond donors (Lipinski definition) is 1. The van der Waals surface area contributed by atoms with Crippen LogP contribution in [-0.4, -0.2) is 98.0 Å². The molecule has 0 bridgehead atoms. The zero-order valence-electron chi connectivity index (χ0n) is 28.1. The standard InChI is InChI=1S/C34H47N3O10S/c1-5-45-33(39)29(13-11-25-9-7-6-8-10-25)35-24(2)32(38)36-16-15-27-22-31(44-4)28(23-43-3)21-26(27)12-14-30(36)34(40)46-17-19-48-20-18-47-37(41)42/h6-10,21-22,24,29-30,35H,5,11-20,23H2,1-4H3. The molecule has 0 fully saturated rings. The summed E-state index contributed by atoms with van der Waals surface area (Å²) in [5.74, 6) is 0.173. The molecule has 2 aromatic rings. The van der Waals surface area contributed by atoms with Crippen LogP contribution in [0.5, 0.6) is 5.75 Å². The predicted molar refractivity (Wildman–Crippen MR) is 180 cm³/mol. The van der Waals surface area contributed by atoms with Crippen molar-refractivity contribution in [2.45, 2.75) is 70.7 Å². The van der Waals surface area contributed by atoms with Crippen molar-refractivity contribution in [1.29, 1.82) is 0 Å². The first-order valence-corrected chi connectivity index (χ1v) is 17.3. The Morgan fingerprint density at radius 3 is 2.48 bits per heavy atom. The van der Waals surface area contributed by atoms with Crippen LogP contribution in [0.15, 0.2) is 42.5 Å². The van der Waals surface area contributed by atoms with Gasteiger partial charge in [-0.25, -0.2) is 4.79 Å². The number of nitrogens with one attached hydrogen (secondary N) is 1. The van der Waals surface area contributed by atoms with Crippen LogP contribution in [0.3, 0.4) is 0 Å². The van der Waals surface area contributed by atoms with Gasteiger partial charge in [-0.15, -0.1) is 10.1 Å². The Balaban J connectivity index is 1.79. The number of nitrogens with zero attached hydrogens (tertiary/aromatic N) is 2. The topological polar surface area (TPSA) is 156 Å². The Hall–Kier alpha value is -3.88. The van der Waals surface area contributed by atoms with Crippen molar-refractivity contribution in [1.82, 2.24) is 10.2 Å². The molecule has 264 valence electrons. The average molecular weight is 690 g/mol. The van der Waals surface area contributed by atoms with Gasteiger partial charge in [-0.3, -0.25) is 14.9 Å². The second-order valence-electron chi connectivity index (χ2n) is 11.3. The molecule has 3 unspecified atom stereocenters. The molecule has 0 spiro atoms. The third kappa shape index (κ3) is 12.0. The molecular weight excluding hydrogens is 642 g/mol. The van der Waals surface area contributed by atoms with E-state index in [0.29, 0.717) is 56.0 Å². The summed E-state index contributed by atoms with van der Waals surface area (Å²) < 4.78 is 21.9. The molecule has 1 heterocycles. The summed E-state index contributed by atoms with van der Waals surface area (Å²) in [4.78, 5) is 56.8. The molecule has 48 heavy (non-hydrogen) atoms. The van der Waals surface area contributed by atoms with Crippen molar-refractivity contribution in [2.75, 3.05) is 52.1 Å². The van der Waals surface area contributed by atoms with Crippen molar-refractivity contribution in [3.63, 3.8) is 0 Å². The number of rotatable bonds is 19. The third-order valence-corrected chi connectivity index (χ3v) is 8.91. The first kappa shape index (κ1) is 38.6. The normalized spacial score (nSPS) is 15.7. The van der Waals surface area contributed by atoms with Crippen molar-refractivity contribution in [2.24, 2.45) is 0 Å². The molecule has 2 aromatic carbocycles. The lowest BCUT2D eigenvalue weighted by molar-refractivity contribution is -0.756. The van der Waals surface area contributed by atoms with Crippen LogP contribution in [0, 0.1) is 10.1 Å².